The highest BCUT2D eigenvalue weighted by Crippen LogP contribution is 2.09. The number of hydrogen-bond donors (Lipinski definition) is 1. The van der Waals surface area contributed by atoms with E-state index >= 15 is 0 Å². The van der Waals surface area contributed by atoms with Crippen LogP contribution in [0.3, 0.4) is 0 Å². The number of hydrogen-bond acceptors (Lipinski definition) is 4. The molecule has 0 unspecified atom stereocenters. The third-order valence-electron chi connectivity index (χ3n) is 1.97. The Kier molecular flexibility index (Phi) is 4.35. The van der Waals surface area contributed by atoms with Crippen LogP contribution in [0.4, 0.5) is 5.82 Å². The Hall–Kier alpha value is -1.13. The molecule has 1 N–H and O–H groups in total. The van der Waals surface area contributed by atoms with Gasteiger partial charge in [-0.25, -0.2) is 4.98 Å². The summed E-state index contributed by atoms with van der Waals surface area (Å²) in [6, 6.07) is 3.91. The van der Waals surface area contributed by atoms with Crippen LogP contribution < -0.4 is 5.32 Å². The topological polar surface area (TPSA) is 43.4 Å². The molecular weight excluding hydrogens is 180 g/mol. The van der Waals surface area contributed by atoms with Crippen LogP contribution in [0.1, 0.15) is 5.56 Å². The van der Waals surface area contributed by atoms with Gasteiger partial charge < -0.3 is 14.8 Å². The van der Waals surface area contributed by atoms with Gasteiger partial charge in [0.15, 0.2) is 6.29 Å². The molecule has 0 aliphatic rings. The average Bonchev–Trinajstić information content (AvgIpc) is 2.22. The molecule has 0 fully saturated rings. The zero-order valence-electron chi connectivity index (χ0n) is 8.78. The lowest BCUT2D eigenvalue weighted by Crippen LogP contribution is -2.24. The first-order chi connectivity index (χ1) is 6.77. The Bertz CT molecular complexity index is 275. The third kappa shape index (κ3) is 2.97. The van der Waals surface area contributed by atoms with E-state index in [1.807, 2.05) is 19.1 Å². The van der Waals surface area contributed by atoms with E-state index in [0.29, 0.717) is 6.54 Å². The number of rotatable bonds is 5. The number of ether oxygens (including phenoxy) is 2. The molecular formula is C10H16N2O2. The van der Waals surface area contributed by atoms with Gasteiger partial charge in [-0.3, -0.25) is 0 Å². The summed E-state index contributed by atoms with van der Waals surface area (Å²) in [5.41, 5.74) is 1.11. The maximum absolute atomic E-state index is 5.05. The van der Waals surface area contributed by atoms with Crippen LogP contribution in [0, 0.1) is 6.92 Å². The molecule has 1 aromatic rings. The summed E-state index contributed by atoms with van der Waals surface area (Å²) in [6.45, 7) is 2.59. The molecule has 0 amide bonds. The quantitative estimate of drug-likeness (QED) is 0.723. The first-order valence-corrected chi connectivity index (χ1v) is 4.49. The average molecular weight is 196 g/mol. The Balaban J connectivity index is 2.49. The SMILES string of the molecule is COC(CNc1ncccc1C)OC. The summed E-state index contributed by atoms with van der Waals surface area (Å²) in [6.07, 6.45) is 1.51. The zero-order chi connectivity index (χ0) is 10.4. The van der Waals surface area contributed by atoms with Gasteiger partial charge in [-0.15, -0.1) is 0 Å². The van der Waals surface area contributed by atoms with Crippen LogP contribution in [0.25, 0.3) is 0 Å². The highest BCUT2D eigenvalue weighted by molar-refractivity contribution is 5.42. The van der Waals surface area contributed by atoms with Crippen molar-refractivity contribution in [1.82, 2.24) is 4.98 Å². The molecule has 1 heterocycles. The highest BCUT2D eigenvalue weighted by atomic mass is 16.7. The molecule has 0 radical (unpaired) electrons. The number of nitrogens with one attached hydrogen (secondary N) is 1. The standard InChI is InChI=1S/C10H16N2O2/c1-8-5-4-6-11-10(8)12-7-9(13-2)14-3/h4-6,9H,7H2,1-3H3,(H,11,12). The van der Waals surface area contributed by atoms with Crippen molar-refractivity contribution >= 4 is 5.82 Å². The molecule has 14 heavy (non-hydrogen) atoms. The van der Waals surface area contributed by atoms with E-state index in [4.69, 9.17) is 9.47 Å². The van der Waals surface area contributed by atoms with Gasteiger partial charge >= 0.3 is 0 Å². The minimum atomic E-state index is -0.239. The molecule has 4 nitrogen and oxygen atoms in total. The highest BCUT2D eigenvalue weighted by Gasteiger charge is 2.05. The lowest BCUT2D eigenvalue weighted by Gasteiger charge is -2.15. The normalized spacial score (nSPS) is 10.6. The van der Waals surface area contributed by atoms with Gasteiger partial charge in [-0.1, -0.05) is 6.07 Å². The molecule has 1 rings (SSSR count). The van der Waals surface area contributed by atoms with Crippen molar-refractivity contribution in [3.63, 3.8) is 0 Å². The van der Waals surface area contributed by atoms with Crippen LogP contribution in [0.2, 0.25) is 0 Å². The molecule has 0 bridgehead atoms. The second-order valence-electron chi connectivity index (χ2n) is 2.95. The lowest BCUT2D eigenvalue weighted by atomic mass is 10.3. The third-order valence-corrected chi connectivity index (χ3v) is 1.97. The summed E-state index contributed by atoms with van der Waals surface area (Å²) in [5, 5.41) is 3.15. The van der Waals surface area contributed by atoms with Crippen LogP contribution >= 0.6 is 0 Å². The van der Waals surface area contributed by atoms with E-state index in [0.717, 1.165) is 11.4 Å². The molecule has 0 aliphatic carbocycles. The monoisotopic (exact) mass is 196 g/mol. The van der Waals surface area contributed by atoms with Crippen molar-refractivity contribution in [2.45, 2.75) is 13.2 Å². The number of anilines is 1. The van der Waals surface area contributed by atoms with Gasteiger partial charge in [0.2, 0.25) is 0 Å². The predicted molar refractivity (Wildman–Crippen MR) is 55.3 cm³/mol. The molecule has 0 saturated heterocycles. The van der Waals surface area contributed by atoms with E-state index < -0.39 is 0 Å². The van der Waals surface area contributed by atoms with Gasteiger partial charge in [0.05, 0.1) is 6.54 Å². The van der Waals surface area contributed by atoms with E-state index in [2.05, 4.69) is 10.3 Å². The Morgan fingerprint density at radius 3 is 2.71 bits per heavy atom. The summed E-state index contributed by atoms with van der Waals surface area (Å²) in [4.78, 5) is 4.20. The fourth-order valence-corrected chi connectivity index (χ4v) is 1.11. The van der Waals surface area contributed by atoms with Crippen molar-refractivity contribution in [1.29, 1.82) is 0 Å². The van der Waals surface area contributed by atoms with Crippen LogP contribution in [0.5, 0.6) is 0 Å². The fourth-order valence-electron chi connectivity index (χ4n) is 1.11. The van der Waals surface area contributed by atoms with Gasteiger partial charge in [0, 0.05) is 20.4 Å². The molecule has 0 spiro atoms. The summed E-state index contributed by atoms with van der Waals surface area (Å²) < 4.78 is 10.1. The Morgan fingerprint density at radius 2 is 2.14 bits per heavy atom. The summed E-state index contributed by atoms with van der Waals surface area (Å²) in [5.74, 6) is 0.867. The molecule has 0 aliphatic heterocycles. The number of aromatic nitrogens is 1. The molecule has 0 saturated carbocycles. The fraction of sp³-hybridized carbons (Fsp3) is 0.500. The Labute approximate surface area is 84.3 Å². The number of pyridine rings is 1. The van der Waals surface area contributed by atoms with Crippen molar-refractivity contribution in [2.75, 3.05) is 26.1 Å². The summed E-state index contributed by atoms with van der Waals surface area (Å²) in [7, 11) is 3.22. The first-order valence-electron chi connectivity index (χ1n) is 4.49. The van der Waals surface area contributed by atoms with Gasteiger partial charge in [-0.05, 0) is 18.6 Å². The smallest absolute Gasteiger partial charge is 0.173 e. The lowest BCUT2D eigenvalue weighted by molar-refractivity contribution is -0.0914. The maximum atomic E-state index is 5.05. The molecule has 4 heteroatoms. The second kappa shape index (κ2) is 5.57. The minimum absolute atomic E-state index is 0.239. The number of methoxy groups -OCH3 is 2. The van der Waals surface area contributed by atoms with E-state index in [9.17, 15) is 0 Å². The molecule has 0 aromatic carbocycles. The van der Waals surface area contributed by atoms with E-state index in [1.54, 1.807) is 20.4 Å². The zero-order valence-corrected chi connectivity index (χ0v) is 8.78. The van der Waals surface area contributed by atoms with Crippen molar-refractivity contribution < 1.29 is 9.47 Å². The van der Waals surface area contributed by atoms with Gasteiger partial charge in [0.25, 0.3) is 0 Å². The van der Waals surface area contributed by atoms with E-state index in [1.165, 1.54) is 0 Å². The van der Waals surface area contributed by atoms with Crippen molar-refractivity contribution in [3.05, 3.63) is 23.9 Å². The second-order valence-corrected chi connectivity index (χ2v) is 2.95. The van der Waals surface area contributed by atoms with E-state index in [-0.39, 0.29) is 6.29 Å². The molecule has 0 atom stereocenters. The van der Waals surface area contributed by atoms with Crippen LogP contribution in [-0.2, 0) is 9.47 Å². The van der Waals surface area contributed by atoms with Crippen LogP contribution in [0.15, 0.2) is 18.3 Å². The maximum Gasteiger partial charge on any atom is 0.173 e. The van der Waals surface area contributed by atoms with Crippen molar-refractivity contribution in [2.24, 2.45) is 0 Å². The molecule has 78 valence electrons. The van der Waals surface area contributed by atoms with Crippen molar-refractivity contribution in [3.8, 4) is 0 Å². The van der Waals surface area contributed by atoms with Gasteiger partial charge in [-0.2, -0.15) is 0 Å². The van der Waals surface area contributed by atoms with Gasteiger partial charge in [0.1, 0.15) is 5.82 Å². The minimum Gasteiger partial charge on any atom is -0.365 e. The Morgan fingerprint density at radius 1 is 1.43 bits per heavy atom. The summed E-state index contributed by atoms with van der Waals surface area (Å²) >= 11 is 0. The predicted octanol–water partition coefficient (Wildman–Crippen LogP) is 1.42. The first kappa shape index (κ1) is 10.9. The van der Waals surface area contributed by atoms with Crippen LogP contribution in [-0.4, -0.2) is 32.0 Å². The largest absolute Gasteiger partial charge is 0.365 e. The number of aryl methyl sites for hydroxylation is 1. The molecule has 1 aromatic heterocycles. The number of nitrogens with zero attached hydrogens (tertiary/aromatic N) is 1.